The monoisotopic (exact) mass is 400 g/mol. The summed E-state index contributed by atoms with van der Waals surface area (Å²) in [5, 5.41) is 0. The normalized spacial score (nSPS) is 10.4. The van der Waals surface area contributed by atoms with Gasteiger partial charge in [0.2, 0.25) is 0 Å². The van der Waals surface area contributed by atoms with Crippen LogP contribution in [0.5, 0.6) is 11.5 Å². The Balaban J connectivity index is 1.52. The molecule has 1 aromatic heterocycles. The van der Waals surface area contributed by atoms with Gasteiger partial charge in [-0.05, 0) is 30.3 Å². The Bertz CT molecular complexity index is 921. The van der Waals surface area contributed by atoms with E-state index in [9.17, 15) is 9.59 Å². The molecular formula is C21H17ClO4S. The molecule has 0 bridgehead atoms. The molecular weight excluding hydrogens is 384 g/mol. The Kier molecular flexibility index (Phi) is 6.63. The highest BCUT2D eigenvalue weighted by Crippen LogP contribution is 2.26. The van der Waals surface area contributed by atoms with E-state index in [0.717, 1.165) is 5.56 Å². The molecule has 0 aliphatic heterocycles. The lowest BCUT2D eigenvalue weighted by Gasteiger charge is -2.11. The van der Waals surface area contributed by atoms with Gasteiger partial charge in [0.05, 0.1) is 15.6 Å². The number of carbonyl (C=O) groups is 2. The number of Topliss-reactive ketones (excluding diaryl/α,β-unsaturated/α-hetero) is 1. The van der Waals surface area contributed by atoms with Gasteiger partial charge in [0.25, 0.3) is 0 Å². The molecule has 138 valence electrons. The van der Waals surface area contributed by atoms with Crippen LogP contribution in [-0.2, 0) is 16.1 Å². The fourth-order valence-electron chi connectivity index (χ4n) is 2.37. The summed E-state index contributed by atoms with van der Waals surface area (Å²) in [4.78, 5) is 24.6. The molecule has 3 aromatic rings. The third kappa shape index (κ3) is 5.67. The van der Waals surface area contributed by atoms with Gasteiger partial charge in [-0.2, -0.15) is 0 Å². The average Bonchev–Trinajstić information content (AvgIpc) is 3.13. The molecule has 0 spiro atoms. The molecule has 0 unspecified atom stereocenters. The van der Waals surface area contributed by atoms with Crippen LogP contribution in [0.2, 0.25) is 4.34 Å². The summed E-state index contributed by atoms with van der Waals surface area (Å²) in [5.74, 6) is 0.787. The Hall–Kier alpha value is -2.63. The summed E-state index contributed by atoms with van der Waals surface area (Å²) < 4.78 is 11.7. The fourth-order valence-corrected chi connectivity index (χ4v) is 3.38. The predicted molar refractivity (Wildman–Crippen MR) is 106 cm³/mol. The van der Waals surface area contributed by atoms with E-state index in [4.69, 9.17) is 21.1 Å². The Morgan fingerprint density at radius 2 is 1.63 bits per heavy atom. The number of halogens is 1. The average molecular weight is 401 g/mol. The Labute approximate surface area is 166 Å². The predicted octanol–water partition coefficient (Wildman–Crippen LogP) is 5.90. The van der Waals surface area contributed by atoms with Crippen molar-refractivity contribution < 1.29 is 19.1 Å². The minimum atomic E-state index is -0.430. The van der Waals surface area contributed by atoms with Gasteiger partial charge in [0.15, 0.2) is 5.78 Å². The van der Waals surface area contributed by atoms with Gasteiger partial charge in [-0.3, -0.25) is 9.59 Å². The Morgan fingerprint density at radius 1 is 0.889 bits per heavy atom. The van der Waals surface area contributed by atoms with E-state index in [1.54, 1.807) is 12.1 Å². The summed E-state index contributed by atoms with van der Waals surface area (Å²) in [6.45, 7) is 0.0842. The molecule has 2 aromatic carbocycles. The minimum Gasteiger partial charge on any atom is -0.461 e. The maximum absolute atomic E-state index is 12.0. The minimum absolute atomic E-state index is 0.0239. The fraction of sp³-hybridized carbons (Fsp3) is 0.143. The first kappa shape index (κ1) is 19.1. The molecule has 0 fully saturated rings. The quantitative estimate of drug-likeness (QED) is 0.349. The van der Waals surface area contributed by atoms with Gasteiger partial charge in [-0.25, -0.2) is 0 Å². The van der Waals surface area contributed by atoms with Crippen LogP contribution < -0.4 is 4.74 Å². The summed E-state index contributed by atoms with van der Waals surface area (Å²) >= 11 is 7.03. The number of hydrogen-bond acceptors (Lipinski definition) is 5. The van der Waals surface area contributed by atoms with Gasteiger partial charge in [-0.1, -0.05) is 48.0 Å². The number of rotatable bonds is 8. The molecule has 27 heavy (non-hydrogen) atoms. The smallest absolute Gasteiger partial charge is 0.306 e. The van der Waals surface area contributed by atoms with Gasteiger partial charge < -0.3 is 9.47 Å². The highest BCUT2D eigenvalue weighted by Gasteiger charge is 2.13. The van der Waals surface area contributed by atoms with E-state index >= 15 is 0 Å². The number of ether oxygens (including phenoxy) is 2. The van der Waals surface area contributed by atoms with Crippen molar-refractivity contribution in [2.45, 2.75) is 19.4 Å². The largest absolute Gasteiger partial charge is 0.461 e. The lowest BCUT2D eigenvalue weighted by Crippen LogP contribution is -2.08. The second-order valence-electron chi connectivity index (χ2n) is 5.71. The molecule has 3 rings (SSSR count). The van der Waals surface area contributed by atoms with Gasteiger partial charge in [0.1, 0.15) is 18.1 Å². The number of carbonyl (C=O) groups excluding carboxylic acids is 2. The van der Waals surface area contributed by atoms with Crippen molar-refractivity contribution in [2.75, 3.05) is 0 Å². The number of ketones is 1. The van der Waals surface area contributed by atoms with Crippen LogP contribution in [0, 0.1) is 0 Å². The maximum atomic E-state index is 12.0. The van der Waals surface area contributed by atoms with Crippen molar-refractivity contribution in [3.05, 3.63) is 81.5 Å². The number of para-hydroxylation sites is 2. The maximum Gasteiger partial charge on any atom is 0.306 e. The lowest BCUT2D eigenvalue weighted by molar-refractivity contribution is -0.144. The lowest BCUT2D eigenvalue weighted by atomic mass is 10.2. The molecule has 0 saturated heterocycles. The highest BCUT2D eigenvalue weighted by atomic mass is 35.5. The summed E-state index contributed by atoms with van der Waals surface area (Å²) in [6.07, 6.45) is 0.119. The topological polar surface area (TPSA) is 52.6 Å². The SMILES string of the molecule is O=C(CCC(=O)c1ccc(Cl)s1)OCc1ccccc1Oc1ccccc1. The number of esters is 1. The summed E-state index contributed by atoms with van der Waals surface area (Å²) in [6, 6.07) is 20.1. The molecule has 0 amide bonds. The molecule has 1 heterocycles. The van der Waals surface area contributed by atoms with Crippen LogP contribution in [0.3, 0.4) is 0 Å². The number of benzene rings is 2. The zero-order valence-corrected chi connectivity index (χ0v) is 16.0. The van der Waals surface area contributed by atoms with Crippen molar-refractivity contribution in [3.8, 4) is 11.5 Å². The van der Waals surface area contributed by atoms with E-state index in [-0.39, 0.29) is 25.2 Å². The van der Waals surface area contributed by atoms with E-state index in [1.165, 1.54) is 11.3 Å². The Morgan fingerprint density at radius 3 is 2.37 bits per heavy atom. The molecule has 0 atom stereocenters. The highest BCUT2D eigenvalue weighted by molar-refractivity contribution is 7.18. The van der Waals surface area contributed by atoms with Crippen molar-refractivity contribution in [1.82, 2.24) is 0 Å². The standard InChI is InChI=1S/C21H17ClO4S/c22-20-12-11-19(27-20)17(23)10-13-21(24)25-14-15-6-4-5-9-18(15)26-16-7-2-1-3-8-16/h1-9,11-12H,10,13-14H2. The molecule has 6 heteroatoms. The van der Waals surface area contributed by atoms with E-state index in [0.29, 0.717) is 20.7 Å². The first-order valence-corrected chi connectivity index (χ1v) is 9.56. The molecule has 0 saturated carbocycles. The summed E-state index contributed by atoms with van der Waals surface area (Å²) in [5.41, 5.74) is 0.756. The van der Waals surface area contributed by atoms with Crippen LogP contribution in [0.15, 0.2) is 66.7 Å². The number of hydrogen-bond donors (Lipinski definition) is 0. The molecule has 4 nitrogen and oxygen atoms in total. The van der Waals surface area contributed by atoms with Crippen LogP contribution in [-0.4, -0.2) is 11.8 Å². The van der Waals surface area contributed by atoms with Crippen LogP contribution in [0.1, 0.15) is 28.1 Å². The third-order valence-electron chi connectivity index (χ3n) is 3.74. The molecule has 0 radical (unpaired) electrons. The van der Waals surface area contributed by atoms with Crippen LogP contribution >= 0.6 is 22.9 Å². The molecule has 0 aliphatic carbocycles. The van der Waals surface area contributed by atoms with Crippen molar-refractivity contribution in [1.29, 1.82) is 0 Å². The third-order valence-corrected chi connectivity index (χ3v) is 5.01. The van der Waals surface area contributed by atoms with Gasteiger partial charge in [0, 0.05) is 12.0 Å². The van der Waals surface area contributed by atoms with E-state index in [2.05, 4.69) is 0 Å². The number of thiophene rings is 1. The second kappa shape index (κ2) is 9.35. The van der Waals surface area contributed by atoms with Gasteiger partial charge >= 0.3 is 5.97 Å². The summed E-state index contributed by atoms with van der Waals surface area (Å²) in [7, 11) is 0. The van der Waals surface area contributed by atoms with Crippen molar-refractivity contribution in [2.24, 2.45) is 0 Å². The van der Waals surface area contributed by atoms with Crippen molar-refractivity contribution in [3.63, 3.8) is 0 Å². The van der Waals surface area contributed by atoms with Gasteiger partial charge in [-0.15, -0.1) is 11.3 Å². The molecule has 0 N–H and O–H groups in total. The molecule has 0 aliphatic rings. The van der Waals surface area contributed by atoms with Crippen LogP contribution in [0.4, 0.5) is 0 Å². The van der Waals surface area contributed by atoms with Crippen molar-refractivity contribution >= 4 is 34.7 Å². The van der Waals surface area contributed by atoms with E-state index < -0.39 is 5.97 Å². The first-order valence-electron chi connectivity index (χ1n) is 8.37. The second-order valence-corrected chi connectivity index (χ2v) is 7.43. The first-order chi connectivity index (χ1) is 13.1. The zero-order valence-electron chi connectivity index (χ0n) is 14.4. The zero-order chi connectivity index (χ0) is 19.1. The van der Waals surface area contributed by atoms with Crippen LogP contribution in [0.25, 0.3) is 0 Å². The van der Waals surface area contributed by atoms with E-state index in [1.807, 2.05) is 54.6 Å².